The summed E-state index contributed by atoms with van der Waals surface area (Å²) in [6.45, 7) is 0. The van der Waals surface area contributed by atoms with Gasteiger partial charge in [0.2, 0.25) is 0 Å². The number of methoxy groups -OCH3 is 1. The van der Waals surface area contributed by atoms with E-state index in [9.17, 15) is 0 Å². The van der Waals surface area contributed by atoms with Gasteiger partial charge in [-0.3, -0.25) is 0 Å². The number of aromatic nitrogens is 1. The fourth-order valence-electron chi connectivity index (χ4n) is 2.10. The van der Waals surface area contributed by atoms with Crippen molar-refractivity contribution in [2.45, 2.75) is 0 Å². The molecule has 98 valence electrons. The van der Waals surface area contributed by atoms with Gasteiger partial charge in [-0.15, -0.1) is 0 Å². The van der Waals surface area contributed by atoms with Crippen LogP contribution in [0.25, 0.3) is 23.1 Å². The van der Waals surface area contributed by atoms with Crippen molar-refractivity contribution in [2.24, 2.45) is 0 Å². The first-order chi connectivity index (χ1) is 9.85. The molecule has 1 heterocycles. The number of benzene rings is 2. The predicted octanol–water partition coefficient (Wildman–Crippen LogP) is 4.41. The van der Waals surface area contributed by atoms with Gasteiger partial charge < -0.3 is 4.74 Å². The van der Waals surface area contributed by atoms with E-state index in [4.69, 9.17) is 4.74 Å². The minimum Gasteiger partial charge on any atom is -0.497 e. The molecule has 0 amide bonds. The summed E-state index contributed by atoms with van der Waals surface area (Å²) in [5, 5.41) is 1.16. The monoisotopic (exact) mass is 261 g/mol. The van der Waals surface area contributed by atoms with Crippen molar-refractivity contribution in [2.75, 3.05) is 7.11 Å². The minimum atomic E-state index is 0.860. The lowest BCUT2D eigenvalue weighted by molar-refractivity contribution is 0.414. The van der Waals surface area contributed by atoms with Crippen molar-refractivity contribution in [3.63, 3.8) is 0 Å². The molecule has 1 aromatic heterocycles. The predicted molar refractivity (Wildman–Crippen MR) is 83.7 cm³/mol. The highest BCUT2D eigenvalue weighted by Gasteiger charge is 1.95. The van der Waals surface area contributed by atoms with Gasteiger partial charge in [-0.05, 0) is 35.9 Å². The SMILES string of the molecule is COc1cccc(/C=C/c2ccc3ccccc3n2)c1. The number of pyridine rings is 1. The molecule has 2 heteroatoms. The molecule has 0 aliphatic rings. The van der Waals surface area contributed by atoms with Crippen molar-refractivity contribution in [1.82, 2.24) is 4.98 Å². The molecule has 0 spiro atoms. The second-order valence-electron chi connectivity index (χ2n) is 4.54. The Bertz CT molecular complexity index is 762. The molecular formula is C18H15NO. The van der Waals surface area contributed by atoms with E-state index >= 15 is 0 Å². The Morgan fingerprint density at radius 2 is 1.80 bits per heavy atom. The fourth-order valence-corrected chi connectivity index (χ4v) is 2.10. The largest absolute Gasteiger partial charge is 0.497 e. The molecule has 3 rings (SSSR count). The van der Waals surface area contributed by atoms with E-state index in [1.165, 1.54) is 0 Å². The summed E-state index contributed by atoms with van der Waals surface area (Å²) < 4.78 is 5.22. The molecule has 0 saturated carbocycles. The Morgan fingerprint density at radius 3 is 2.70 bits per heavy atom. The fraction of sp³-hybridized carbons (Fsp3) is 0.0556. The summed E-state index contributed by atoms with van der Waals surface area (Å²) in [6, 6.07) is 20.2. The van der Waals surface area contributed by atoms with Crippen LogP contribution in [0.3, 0.4) is 0 Å². The third kappa shape index (κ3) is 2.69. The Kier molecular flexibility index (Phi) is 3.46. The normalized spacial score (nSPS) is 11.1. The summed E-state index contributed by atoms with van der Waals surface area (Å²) in [4.78, 5) is 4.61. The minimum absolute atomic E-state index is 0.860. The number of fused-ring (bicyclic) bond motifs is 1. The Morgan fingerprint density at radius 1 is 0.900 bits per heavy atom. The van der Waals surface area contributed by atoms with Gasteiger partial charge in [0, 0.05) is 5.39 Å². The highest BCUT2D eigenvalue weighted by molar-refractivity contribution is 5.80. The van der Waals surface area contributed by atoms with Crippen LogP contribution in [0.1, 0.15) is 11.3 Å². The van der Waals surface area contributed by atoms with Crippen molar-refractivity contribution in [1.29, 1.82) is 0 Å². The van der Waals surface area contributed by atoms with Crippen LogP contribution in [0.15, 0.2) is 60.7 Å². The first kappa shape index (κ1) is 12.4. The van der Waals surface area contributed by atoms with Gasteiger partial charge >= 0.3 is 0 Å². The molecule has 0 saturated heterocycles. The molecule has 20 heavy (non-hydrogen) atoms. The number of hydrogen-bond donors (Lipinski definition) is 0. The van der Waals surface area contributed by atoms with Crippen molar-refractivity contribution >= 4 is 23.1 Å². The molecule has 0 fully saturated rings. The van der Waals surface area contributed by atoms with Crippen LogP contribution in [-0.2, 0) is 0 Å². The van der Waals surface area contributed by atoms with Crippen LogP contribution >= 0.6 is 0 Å². The van der Waals surface area contributed by atoms with Gasteiger partial charge in [0.05, 0.1) is 18.3 Å². The van der Waals surface area contributed by atoms with Crippen LogP contribution in [0.4, 0.5) is 0 Å². The zero-order valence-electron chi connectivity index (χ0n) is 11.3. The summed E-state index contributed by atoms with van der Waals surface area (Å²) in [5.74, 6) is 0.860. The molecule has 2 aromatic carbocycles. The third-order valence-electron chi connectivity index (χ3n) is 3.16. The summed E-state index contributed by atoms with van der Waals surface area (Å²) in [6.07, 6.45) is 4.06. The van der Waals surface area contributed by atoms with E-state index in [0.717, 1.165) is 27.9 Å². The first-order valence-corrected chi connectivity index (χ1v) is 6.53. The van der Waals surface area contributed by atoms with Gasteiger partial charge in [0.1, 0.15) is 5.75 Å². The summed E-state index contributed by atoms with van der Waals surface area (Å²) in [5.41, 5.74) is 3.06. The maximum atomic E-state index is 5.22. The summed E-state index contributed by atoms with van der Waals surface area (Å²) in [7, 11) is 1.67. The molecule has 0 aliphatic heterocycles. The number of ether oxygens (including phenoxy) is 1. The summed E-state index contributed by atoms with van der Waals surface area (Å²) >= 11 is 0. The van der Waals surface area contributed by atoms with Crippen molar-refractivity contribution in [3.8, 4) is 5.75 Å². The smallest absolute Gasteiger partial charge is 0.119 e. The van der Waals surface area contributed by atoms with Gasteiger partial charge in [0.15, 0.2) is 0 Å². The van der Waals surface area contributed by atoms with E-state index in [-0.39, 0.29) is 0 Å². The lowest BCUT2D eigenvalue weighted by atomic mass is 10.1. The number of rotatable bonds is 3. The van der Waals surface area contributed by atoms with Crippen molar-refractivity contribution in [3.05, 3.63) is 71.9 Å². The Labute approximate surface area is 118 Å². The van der Waals surface area contributed by atoms with E-state index in [0.29, 0.717) is 0 Å². The topological polar surface area (TPSA) is 22.1 Å². The molecular weight excluding hydrogens is 246 g/mol. The van der Waals surface area contributed by atoms with Crippen LogP contribution in [0.5, 0.6) is 5.75 Å². The average Bonchev–Trinajstić information content (AvgIpc) is 2.53. The van der Waals surface area contributed by atoms with E-state index in [1.54, 1.807) is 7.11 Å². The number of para-hydroxylation sites is 1. The maximum Gasteiger partial charge on any atom is 0.119 e. The second-order valence-corrected chi connectivity index (χ2v) is 4.54. The molecule has 0 bridgehead atoms. The molecule has 0 N–H and O–H groups in total. The molecule has 0 radical (unpaired) electrons. The van der Waals surface area contributed by atoms with Crippen molar-refractivity contribution < 1.29 is 4.74 Å². The third-order valence-corrected chi connectivity index (χ3v) is 3.16. The maximum absolute atomic E-state index is 5.22. The second kappa shape index (κ2) is 5.57. The average molecular weight is 261 g/mol. The molecule has 2 nitrogen and oxygen atoms in total. The van der Waals surface area contributed by atoms with Crippen LogP contribution in [-0.4, -0.2) is 12.1 Å². The van der Waals surface area contributed by atoms with Gasteiger partial charge in [-0.1, -0.05) is 42.5 Å². The standard InChI is InChI=1S/C18H15NO/c1-20-17-7-4-5-14(13-17)9-11-16-12-10-15-6-2-3-8-18(15)19-16/h2-13H,1H3/b11-9+. The highest BCUT2D eigenvalue weighted by Crippen LogP contribution is 2.16. The highest BCUT2D eigenvalue weighted by atomic mass is 16.5. The molecule has 3 aromatic rings. The molecule has 0 aliphatic carbocycles. The quantitative estimate of drug-likeness (QED) is 0.696. The van der Waals surface area contributed by atoms with E-state index < -0.39 is 0 Å². The molecule has 0 unspecified atom stereocenters. The lowest BCUT2D eigenvalue weighted by Gasteiger charge is -2.01. The first-order valence-electron chi connectivity index (χ1n) is 6.53. The number of nitrogens with zero attached hydrogens (tertiary/aromatic N) is 1. The Balaban J connectivity index is 1.89. The van der Waals surface area contributed by atoms with E-state index in [1.807, 2.05) is 60.7 Å². The van der Waals surface area contributed by atoms with Crippen LogP contribution in [0, 0.1) is 0 Å². The van der Waals surface area contributed by atoms with Gasteiger partial charge in [0.25, 0.3) is 0 Å². The van der Waals surface area contributed by atoms with Crippen LogP contribution < -0.4 is 4.74 Å². The van der Waals surface area contributed by atoms with Gasteiger partial charge in [-0.25, -0.2) is 4.98 Å². The lowest BCUT2D eigenvalue weighted by Crippen LogP contribution is -1.84. The Hall–Kier alpha value is -2.61. The van der Waals surface area contributed by atoms with Gasteiger partial charge in [-0.2, -0.15) is 0 Å². The molecule has 0 atom stereocenters. The van der Waals surface area contributed by atoms with E-state index in [2.05, 4.69) is 17.1 Å². The zero-order valence-corrected chi connectivity index (χ0v) is 11.3. The van der Waals surface area contributed by atoms with Crippen LogP contribution in [0.2, 0.25) is 0 Å². The zero-order chi connectivity index (χ0) is 13.8. The number of hydrogen-bond acceptors (Lipinski definition) is 2.